The normalized spacial score (nSPS) is 10.1. The van der Waals surface area contributed by atoms with E-state index in [-0.39, 0.29) is 5.91 Å². The number of nitrogens with zero attached hydrogens (tertiary/aromatic N) is 1. The first-order valence-corrected chi connectivity index (χ1v) is 6.12. The lowest BCUT2D eigenvalue weighted by Crippen LogP contribution is -2.14. The minimum atomic E-state index is -0.144. The van der Waals surface area contributed by atoms with Crippen molar-refractivity contribution in [3.8, 4) is 0 Å². The second-order valence-corrected chi connectivity index (χ2v) is 4.42. The van der Waals surface area contributed by atoms with Gasteiger partial charge in [0.1, 0.15) is 0 Å². The monoisotopic (exact) mass is 255 g/mol. The highest BCUT2D eigenvalue weighted by atomic mass is 16.1. The van der Waals surface area contributed by atoms with Crippen LogP contribution in [0.25, 0.3) is 0 Å². The summed E-state index contributed by atoms with van der Waals surface area (Å²) in [7, 11) is 1.77. The number of carbonyl (C=O) groups is 1. The smallest absolute Gasteiger partial charge is 0.257 e. The van der Waals surface area contributed by atoms with Crippen LogP contribution in [0.1, 0.15) is 21.5 Å². The fraction of sp³-hybridized carbons (Fsp3) is 0.200. The molecule has 2 N–H and O–H groups in total. The first kappa shape index (κ1) is 13.1. The number of amides is 1. The first-order chi connectivity index (χ1) is 9.11. The maximum atomic E-state index is 12.2. The number of hydrogen-bond donors (Lipinski definition) is 2. The molecule has 0 fully saturated rings. The van der Waals surface area contributed by atoms with E-state index in [1.807, 2.05) is 32.0 Å². The van der Waals surface area contributed by atoms with E-state index in [2.05, 4.69) is 15.6 Å². The molecule has 1 aromatic carbocycles. The molecule has 0 saturated carbocycles. The molecule has 0 bridgehead atoms. The molecule has 0 atom stereocenters. The second-order valence-electron chi connectivity index (χ2n) is 4.42. The predicted octanol–water partition coefficient (Wildman–Crippen LogP) is 2.99. The van der Waals surface area contributed by atoms with Crippen LogP contribution in [0.15, 0.2) is 36.7 Å². The van der Waals surface area contributed by atoms with Crippen molar-refractivity contribution < 1.29 is 4.79 Å². The number of nitrogens with one attached hydrogen (secondary N) is 2. The van der Waals surface area contributed by atoms with E-state index in [9.17, 15) is 4.79 Å². The summed E-state index contributed by atoms with van der Waals surface area (Å²) >= 11 is 0. The Morgan fingerprint density at radius 1 is 1.16 bits per heavy atom. The number of hydrogen-bond acceptors (Lipinski definition) is 3. The SMILES string of the molecule is CNc1cnccc1C(=O)Nc1ccc(C)c(C)c1. The fourth-order valence-corrected chi connectivity index (χ4v) is 1.81. The zero-order valence-electron chi connectivity index (χ0n) is 11.3. The lowest BCUT2D eigenvalue weighted by molar-refractivity contribution is 0.102. The molecule has 0 aliphatic heterocycles. The van der Waals surface area contributed by atoms with Crippen molar-refractivity contribution in [2.45, 2.75) is 13.8 Å². The van der Waals surface area contributed by atoms with Gasteiger partial charge in [-0.15, -0.1) is 0 Å². The third kappa shape index (κ3) is 2.91. The molecule has 4 nitrogen and oxygen atoms in total. The molecule has 1 amide bonds. The summed E-state index contributed by atoms with van der Waals surface area (Å²) in [6, 6.07) is 7.56. The van der Waals surface area contributed by atoms with Crippen LogP contribution in [-0.4, -0.2) is 17.9 Å². The third-order valence-electron chi connectivity index (χ3n) is 3.10. The Bertz CT molecular complexity index is 608. The zero-order valence-corrected chi connectivity index (χ0v) is 11.3. The van der Waals surface area contributed by atoms with Gasteiger partial charge in [0.15, 0.2) is 0 Å². The van der Waals surface area contributed by atoms with E-state index in [1.165, 1.54) is 5.56 Å². The van der Waals surface area contributed by atoms with Crippen molar-refractivity contribution in [2.75, 3.05) is 17.7 Å². The number of anilines is 2. The Hall–Kier alpha value is -2.36. The van der Waals surface area contributed by atoms with Crippen LogP contribution in [0.3, 0.4) is 0 Å². The lowest BCUT2D eigenvalue weighted by Gasteiger charge is -2.10. The molecule has 0 spiro atoms. The van der Waals surface area contributed by atoms with Crippen LogP contribution in [0, 0.1) is 13.8 Å². The van der Waals surface area contributed by atoms with Crippen molar-refractivity contribution in [2.24, 2.45) is 0 Å². The van der Waals surface area contributed by atoms with Crippen molar-refractivity contribution in [1.82, 2.24) is 4.98 Å². The molecule has 1 aromatic heterocycles. The van der Waals surface area contributed by atoms with E-state index in [0.29, 0.717) is 11.3 Å². The van der Waals surface area contributed by atoms with Crippen LogP contribution in [0.2, 0.25) is 0 Å². The number of pyridine rings is 1. The van der Waals surface area contributed by atoms with E-state index < -0.39 is 0 Å². The van der Waals surface area contributed by atoms with Gasteiger partial charge in [-0.25, -0.2) is 0 Å². The number of rotatable bonds is 3. The largest absolute Gasteiger partial charge is 0.386 e. The Balaban J connectivity index is 2.23. The number of aryl methyl sites for hydroxylation is 2. The van der Waals surface area contributed by atoms with Gasteiger partial charge in [0.05, 0.1) is 17.4 Å². The minimum Gasteiger partial charge on any atom is -0.386 e. The maximum absolute atomic E-state index is 12.2. The van der Waals surface area contributed by atoms with Crippen molar-refractivity contribution >= 4 is 17.3 Å². The topological polar surface area (TPSA) is 54.0 Å². The van der Waals surface area contributed by atoms with Crippen LogP contribution in [-0.2, 0) is 0 Å². The average molecular weight is 255 g/mol. The molecule has 0 unspecified atom stereocenters. The molecule has 0 radical (unpaired) electrons. The molecular formula is C15H17N3O. The zero-order chi connectivity index (χ0) is 13.8. The molecule has 2 aromatic rings. The Morgan fingerprint density at radius 3 is 2.63 bits per heavy atom. The van der Waals surface area contributed by atoms with E-state index >= 15 is 0 Å². The Kier molecular flexibility index (Phi) is 3.80. The number of benzene rings is 1. The van der Waals surface area contributed by atoms with E-state index in [0.717, 1.165) is 11.3 Å². The lowest BCUT2D eigenvalue weighted by atomic mass is 10.1. The molecule has 0 saturated heterocycles. The highest BCUT2D eigenvalue weighted by Gasteiger charge is 2.10. The predicted molar refractivity (Wildman–Crippen MR) is 77.7 cm³/mol. The summed E-state index contributed by atoms with van der Waals surface area (Å²) < 4.78 is 0. The van der Waals surface area contributed by atoms with Gasteiger partial charge in [-0.3, -0.25) is 9.78 Å². The van der Waals surface area contributed by atoms with Gasteiger partial charge in [-0.1, -0.05) is 6.07 Å². The Morgan fingerprint density at radius 2 is 1.95 bits per heavy atom. The average Bonchev–Trinajstić information content (AvgIpc) is 2.43. The summed E-state index contributed by atoms with van der Waals surface area (Å²) in [5.74, 6) is -0.144. The van der Waals surface area contributed by atoms with Crippen molar-refractivity contribution in [1.29, 1.82) is 0 Å². The first-order valence-electron chi connectivity index (χ1n) is 6.12. The highest BCUT2D eigenvalue weighted by Crippen LogP contribution is 2.18. The summed E-state index contributed by atoms with van der Waals surface area (Å²) in [6.07, 6.45) is 3.24. The summed E-state index contributed by atoms with van der Waals surface area (Å²) in [6.45, 7) is 4.07. The molecule has 98 valence electrons. The van der Waals surface area contributed by atoms with Gasteiger partial charge >= 0.3 is 0 Å². The number of carbonyl (C=O) groups excluding carboxylic acids is 1. The Labute approximate surface area is 112 Å². The van der Waals surface area contributed by atoms with Crippen LogP contribution >= 0.6 is 0 Å². The third-order valence-corrected chi connectivity index (χ3v) is 3.10. The highest BCUT2D eigenvalue weighted by molar-refractivity contribution is 6.07. The van der Waals surface area contributed by atoms with Gasteiger partial charge in [-0.2, -0.15) is 0 Å². The molecule has 19 heavy (non-hydrogen) atoms. The minimum absolute atomic E-state index is 0.144. The number of aromatic nitrogens is 1. The molecule has 4 heteroatoms. The van der Waals surface area contributed by atoms with Crippen LogP contribution in [0.4, 0.5) is 11.4 Å². The van der Waals surface area contributed by atoms with Crippen LogP contribution in [0.5, 0.6) is 0 Å². The maximum Gasteiger partial charge on any atom is 0.257 e. The molecule has 1 heterocycles. The summed E-state index contributed by atoms with van der Waals surface area (Å²) in [5.41, 5.74) is 4.45. The molecular weight excluding hydrogens is 238 g/mol. The van der Waals surface area contributed by atoms with Gasteiger partial charge in [0.25, 0.3) is 5.91 Å². The van der Waals surface area contributed by atoms with E-state index in [4.69, 9.17) is 0 Å². The van der Waals surface area contributed by atoms with Gasteiger partial charge in [-0.05, 0) is 43.2 Å². The quantitative estimate of drug-likeness (QED) is 0.886. The van der Waals surface area contributed by atoms with Gasteiger partial charge in [0, 0.05) is 18.9 Å². The van der Waals surface area contributed by atoms with E-state index in [1.54, 1.807) is 25.5 Å². The summed E-state index contributed by atoms with van der Waals surface area (Å²) in [4.78, 5) is 16.2. The van der Waals surface area contributed by atoms with Gasteiger partial charge < -0.3 is 10.6 Å². The molecule has 2 rings (SSSR count). The standard InChI is InChI=1S/C15H17N3O/c1-10-4-5-12(8-11(10)2)18-15(19)13-6-7-17-9-14(13)16-3/h4-9,16H,1-3H3,(H,18,19). The van der Waals surface area contributed by atoms with Crippen LogP contribution < -0.4 is 10.6 Å². The fourth-order valence-electron chi connectivity index (χ4n) is 1.81. The molecule has 0 aliphatic rings. The molecule has 0 aliphatic carbocycles. The van der Waals surface area contributed by atoms with Gasteiger partial charge in [0.2, 0.25) is 0 Å². The van der Waals surface area contributed by atoms with Crippen molar-refractivity contribution in [3.05, 3.63) is 53.3 Å². The summed E-state index contributed by atoms with van der Waals surface area (Å²) in [5, 5.41) is 5.85. The van der Waals surface area contributed by atoms with Crippen molar-refractivity contribution in [3.63, 3.8) is 0 Å². The second kappa shape index (κ2) is 5.52.